The van der Waals surface area contributed by atoms with Crippen LogP contribution >= 0.6 is 0 Å². The maximum Gasteiger partial charge on any atom is 0.225 e. The summed E-state index contributed by atoms with van der Waals surface area (Å²) < 4.78 is 5.86. The van der Waals surface area contributed by atoms with E-state index in [9.17, 15) is 4.79 Å². The van der Waals surface area contributed by atoms with Crippen molar-refractivity contribution in [1.82, 2.24) is 15.5 Å². The van der Waals surface area contributed by atoms with Crippen molar-refractivity contribution >= 4 is 11.7 Å². The number of hydrogen-bond donors (Lipinski definition) is 1. The van der Waals surface area contributed by atoms with Crippen molar-refractivity contribution in [3.63, 3.8) is 0 Å². The quantitative estimate of drug-likeness (QED) is 0.899. The zero-order valence-electron chi connectivity index (χ0n) is 12.9. The van der Waals surface area contributed by atoms with Crippen molar-refractivity contribution in [1.29, 1.82) is 0 Å². The molecule has 0 unspecified atom stereocenters. The molecule has 6 nitrogen and oxygen atoms in total. The first-order valence-corrected chi connectivity index (χ1v) is 8.18. The predicted molar refractivity (Wildman–Crippen MR) is 81.5 cm³/mol. The fourth-order valence-corrected chi connectivity index (χ4v) is 3.54. The number of ether oxygens (including phenoxy) is 1. The molecular formula is C16H22N4O2. The molecule has 0 radical (unpaired) electrons. The van der Waals surface area contributed by atoms with E-state index in [2.05, 4.69) is 20.4 Å². The molecule has 3 aliphatic rings. The number of carbonyl (C=O) groups is 1. The number of fused-ring (bicyclic) bond motifs is 1. The fraction of sp³-hybridized carbons (Fsp3) is 0.688. The second kappa shape index (κ2) is 5.50. The Morgan fingerprint density at radius 3 is 2.86 bits per heavy atom. The molecule has 0 aromatic carbocycles. The van der Waals surface area contributed by atoms with Crippen LogP contribution in [0.1, 0.15) is 25.0 Å². The highest BCUT2D eigenvalue weighted by Crippen LogP contribution is 2.35. The zero-order chi connectivity index (χ0) is 15.1. The number of nitrogens with zero attached hydrogens (tertiary/aromatic N) is 3. The summed E-state index contributed by atoms with van der Waals surface area (Å²) in [7, 11) is 0. The molecule has 3 heterocycles. The molecule has 1 N–H and O–H groups in total. The van der Waals surface area contributed by atoms with E-state index in [1.807, 2.05) is 19.1 Å². The average molecular weight is 302 g/mol. The molecule has 1 aromatic rings. The number of nitrogens with one attached hydrogen (secondary N) is 1. The molecule has 4 rings (SSSR count). The van der Waals surface area contributed by atoms with E-state index in [1.54, 1.807) is 0 Å². The van der Waals surface area contributed by atoms with Crippen molar-refractivity contribution in [3.8, 4) is 0 Å². The number of aryl methyl sites for hydroxylation is 1. The number of aromatic nitrogens is 2. The van der Waals surface area contributed by atoms with Gasteiger partial charge in [-0.1, -0.05) is 0 Å². The third kappa shape index (κ3) is 2.67. The van der Waals surface area contributed by atoms with Crippen molar-refractivity contribution < 1.29 is 9.53 Å². The standard InChI is InChI=1S/C16H22N4O2/c1-10-2-5-15(19-18-10)20-8-13(16(21)17-11-3-4-11)12-6-7-22-14(12)9-20/h2,5,11-14H,3-4,6-9H2,1H3,(H,17,21)/t12-,13+,14+/m0/s1. The molecule has 118 valence electrons. The Balaban J connectivity index is 1.54. The van der Waals surface area contributed by atoms with Crippen LogP contribution in [0.15, 0.2) is 12.1 Å². The van der Waals surface area contributed by atoms with Gasteiger partial charge in [0.1, 0.15) is 0 Å². The first kappa shape index (κ1) is 13.9. The van der Waals surface area contributed by atoms with Gasteiger partial charge in [0.2, 0.25) is 5.91 Å². The van der Waals surface area contributed by atoms with E-state index < -0.39 is 0 Å². The minimum atomic E-state index is -0.00930. The molecule has 22 heavy (non-hydrogen) atoms. The van der Waals surface area contributed by atoms with Gasteiger partial charge in [-0.05, 0) is 38.3 Å². The van der Waals surface area contributed by atoms with Crippen LogP contribution in [0.5, 0.6) is 0 Å². The normalized spacial score (nSPS) is 31.0. The van der Waals surface area contributed by atoms with Gasteiger partial charge in [0.05, 0.1) is 17.7 Å². The summed E-state index contributed by atoms with van der Waals surface area (Å²) >= 11 is 0. The molecule has 1 amide bonds. The Kier molecular flexibility index (Phi) is 3.48. The number of anilines is 1. The van der Waals surface area contributed by atoms with Gasteiger partial charge >= 0.3 is 0 Å². The molecule has 3 atom stereocenters. The Hall–Kier alpha value is -1.69. The van der Waals surface area contributed by atoms with Crippen molar-refractivity contribution in [2.75, 3.05) is 24.6 Å². The highest BCUT2D eigenvalue weighted by Gasteiger charge is 2.45. The van der Waals surface area contributed by atoms with Crippen molar-refractivity contribution in [2.24, 2.45) is 11.8 Å². The summed E-state index contributed by atoms with van der Waals surface area (Å²) in [4.78, 5) is 14.7. The lowest BCUT2D eigenvalue weighted by Crippen LogP contribution is -2.53. The van der Waals surface area contributed by atoms with E-state index in [4.69, 9.17) is 4.74 Å². The van der Waals surface area contributed by atoms with Crippen LogP contribution in [0.3, 0.4) is 0 Å². The van der Waals surface area contributed by atoms with Crippen molar-refractivity contribution in [2.45, 2.75) is 38.3 Å². The summed E-state index contributed by atoms with van der Waals surface area (Å²) in [6.07, 6.45) is 3.36. The van der Waals surface area contributed by atoms with Crippen LogP contribution in [-0.2, 0) is 9.53 Å². The first-order valence-electron chi connectivity index (χ1n) is 8.18. The van der Waals surface area contributed by atoms with Crippen LogP contribution in [0.2, 0.25) is 0 Å². The average Bonchev–Trinajstić information content (AvgIpc) is 3.20. The van der Waals surface area contributed by atoms with Crippen LogP contribution < -0.4 is 10.2 Å². The van der Waals surface area contributed by atoms with E-state index in [-0.39, 0.29) is 17.9 Å². The summed E-state index contributed by atoms with van der Waals surface area (Å²) in [5.74, 6) is 1.36. The predicted octanol–water partition coefficient (Wildman–Crippen LogP) is 0.905. The van der Waals surface area contributed by atoms with Gasteiger partial charge in [0, 0.05) is 31.7 Å². The molecule has 3 fully saturated rings. The van der Waals surface area contributed by atoms with E-state index in [0.29, 0.717) is 18.5 Å². The Morgan fingerprint density at radius 2 is 2.14 bits per heavy atom. The summed E-state index contributed by atoms with van der Waals surface area (Å²) in [5.41, 5.74) is 0.902. The highest BCUT2D eigenvalue weighted by molar-refractivity contribution is 5.80. The van der Waals surface area contributed by atoms with Crippen LogP contribution in [-0.4, -0.2) is 47.9 Å². The van der Waals surface area contributed by atoms with Gasteiger partial charge in [-0.2, -0.15) is 5.10 Å². The number of piperidine rings is 1. The van der Waals surface area contributed by atoms with E-state index >= 15 is 0 Å². The number of rotatable bonds is 3. The smallest absolute Gasteiger partial charge is 0.225 e. The Morgan fingerprint density at radius 1 is 1.27 bits per heavy atom. The number of carbonyl (C=O) groups excluding carboxylic acids is 1. The van der Waals surface area contributed by atoms with E-state index in [0.717, 1.165) is 43.9 Å². The van der Waals surface area contributed by atoms with Crippen molar-refractivity contribution in [3.05, 3.63) is 17.8 Å². The topological polar surface area (TPSA) is 67.3 Å². The molecule has 6 heteroatoms. The molecule has 2 saturated heterocycles. The first-order chi connectivity index (χ1) is 10.7. The molecule has 1 saturated carbocycles. The highest BCUT2D eigenvalue weighted by atomic mass is 16.5. The third-order valence-corrected chi connectivity index (χ3v) is 4.96. The second-order valence-electron chi connectivity index (χ2n) is 6.69. The van der Waals surface area contributed by atoms with Gasteiger partial charge in [0.15, 0.2) is 5.82 Å². The van der Waals surface area contributed by atoms with E-state index in [1.165, 1.54) is 0 Å². The van der Waals surface area contributed by atoms with Gasteiger partial charge in [0.25, 0.3) is 0 Å². The molecule has 1 aromatic heterocycles. The molecule has 2 aliphatic heterocycles. The minimum Gasteiger partial charge on any atom is -0.376 e. The van der Waals surface area contributed by atoms with Crippen LogP contribution in [0, 0.1) is 18.8 Å². The SMILES string of the molecule is Cc1ccc(N2C[C@H]3OCC[C@H]3[C@H](C(=O)NC3CC3)C2)nn1. The van der Waals surface area contributed by atoms with Crippen LogP contribution in [0.25, 0.3) is 0 Å². The maximum atomic E-state index is 12.6. The Bertz CT molecular complexity index is 558. The fourth-order valence-electron chi connectivity index (χ4n) is 3.54. The summed E-state index contributed by atoms with van der Waals surface area (Å²) in [6, 6.07) is 4.35. The number of hydrogen-bond acceptors (Lipinski definition) is 5. The van der Waals surface area contributed by atoms with Gasteiger partial charge in [-0.25, -0.2) is 0 Å². The largest absolute Gasteiger partial charge is 0.376 e. The maximum absolute atomic E-state index is 12.6. The molecular weight excluding hydrogens is 280 g/mol. The lowest BCUT2D eigenvalue weighted by Gasteiger charge is -2.39. The summed E-state index contributed by atoms with van der Waals surface area (Å²) in [6.45, 7) is 4.20. The Labute approximate surface area is 130 Å². The number of amides is 1. The molecule has 0 bridgehead atoms. The monoisotopic (exact) mass is 302 g/mol. The minimum absolute atomic E-state index is 0.00930. The summed E-state index contributed by atoms with van der Waals surface area (Å²) in [5, 5.41) is 11.6. The molecule has 1 aliphatic carbocycles. The zero-order valence-corrected chi connectivity index (χ0v) is 12.9. The van der Waals surface area contributed by atoms with Gasteiger partial charge < -0.3 is 15.0 Å². The lowest BCUT2D eigenvalue weighted by atomic mass is 9.82. The second-order valence-corrected chi connectivity index (χ2v) is 6.69. The van der Waals surface area contributed by atoms with Gasteiger partial charge in [-0.3, -0.25) is 4.79 Å². The van der Waals surface area contributed by atoms with Crippen LogP contribution in [0.4, 0.5) is 5.82 Å². The van der Waals surface area contributed by atoms with Gasteiger partial charge in [-0.15, -0.1) is 5.10 Å². The lowest BCUT2D eigenvalue weighted by molar-refractivity contribution is -0.128. The molecule has 0 spiro atoms. The third-order valence-electron chi connectivity index (χ3n) is 4.96.